The van der Waals surface area contributed by atoms with Crippen LogP contribution < -0.4 is 0 Å². The van der Waals surface area contributed by atoms with E-state index in [-0.39, 0.29) is 12.4 Å². The zero-order valence-corrected chi connectivity index (χ0v) is 24.8. The Morgan fingerprint density at radius 3 is 2.43 bits per heavy atom. The third-order valence-corrected chi connectivity index (χ3v) is 9.02. The molecule has 2 N–H and O–H groups in total. The minimum absolute atomic E-state index is 0.0251. The highest BCUT2D eigenvalue weighted by Crippen LogP contribution is 2.39. The van der Waals surface area contributed by atoms with Crippen molar-refractivity contribution in [2.24, 2.45) is 0 Å². The lowest BCUT2D eigenvalue weighted by Crippen LogP contribution is -2.46. The summed E-state index contributed by atoms with van der Waals surface area (Å²) >= 11 is 6.93. The van der Waals surface area contributed by atoms with E-state index in [4.69, 9.17) is 21.7 Å². The van der Waals surface area contributed by atoms with E-state index in [0.717, 1.165) is 73.5 Å². The SMILES string of the molecule is Cc1ccc(-c2ccccc2-c2nc3cc(C(=C4CCC4)N4CCN(CCC(O)CCO)CC4)ccn3c2Cl)c(F)c1. The molecule has 2 aromatic heterocycles. The van der Waals surface area contributed by atoms with Crippen molar-refractivity contribution >= 4 is 22.9 Å². The summed E-state index contributed by atoms with van der Waals surface area (Å²) in [7, 11) is 0. The van der Waals surface area contributed by atoms with E-state index in [0.29, 0.717) is 29.3 Å². The molecule has 2 fully saturated rings. The van der Waals surface area contributed by atoms with Gasteiger partial charge in [-0.3, -0.25) is 9.30 Å². The minimum atomic E-state index is -0.443. The van der Waals surface area contributed by atoms with E-state index in [9.17, 15) is 5.11 Å². The molecule has 2 aromatic carbocycles. The maximum absolute atomic E-state index is 15.0. The number of aliphatic hydroxyl groups excluding tert-OH is 2. The van der Waals surface area contributed by atoms with Gasteiger partial charge in [0.05, 0.1) is 6.10 Å². The molecule has 6 rings (SSSR count). The topological polar surface area (TPSA) is 64.2 Å². The molecule has 0 amide bonds. The number of halogens is 2. The molecule has 220 valence electrons. The van der Waals surface area contributed by atoms with E-state index in [1.165, 1.54) is 17.7 Å². The van der Waals surface area contributed by atoms with E-state index in [1.807, 2.05) is 53.9 Å². The second-order valence-corrected chi connectivity index (χ2v) is 11.9. The second kappa shape index (κ2) is 12.6. The summed E-state index contributed by atoms with van der Waals surface area (Å²) in [5, 5.41) is 19.6. The molecule has 42 heavy (non-hydrogen) atoms. The summed E-state index contributed by atoms with van der Waals surface area (Å²) in [6.45, 7) is 6.49. The van der Waals surface area contributed by atoms with E-state index in [1.54, 1.807) is 6.07 Å². The Morgan fingerprint density at radius 1 is 0.976 bits per heavy atom. The van der Waals surface area contributed by atoms with Gasteiger partial charge in [0, 0.05) is 67.9 Å². The number of aryl methyl sites for hydroxylation is 1. The molecule has 1 saturated carbocycles. The fraction of sp³-hybridized carbons (Fsp3) is 0.382. The van der Waals surface area contributed by atoms with Crippen molar-refractivity contribution in [2.45, 2.75) is 45.1 Å². The molecule has 1 saturated heterocycles. The molecule has 0 radical (unpaired) electrons. The van der Waals surface area contributed by atoms with Crippen LogP contribution in [0.2, 0.25) is 5.15 Å². The number of aliphatic hydroxyl groups is 2. The summed E-state index contributed by atoms with van der Waals surface area (Å²) in [4.78, 5) is 9.90. The zero-order valence-electron chi connectivity index (χ0n) is 24.1. The third kappa shape index (κ3) is 5.84. The van der Waals surface area contributed by atoms with Gasteiger partial charge in [-0.1, -0.05) is 48.0 Å². The average molecular weight is 589 g/mol. The minimum Gasteiger partial charge on any atom is -0.396 e. The molecule has 2 aliphatic rings. The number of piperazine rings is 1. The van der Waals surface area contributed by atoms with Gasteiger partial charge in [-0.2, -0.15) is 0 Å². The second-order valence-electron chi connectivity index (χ2n) is 11.5. The largest absolute Gasteiger partial charge is 0.396 e. The monoisotopic (exact) mass is 588 g/mol. The molecular weight excluding hydrogens is 551 g/mol. The average Bonchev–Trinajstić information content (AvgIpc) is 3.29. The van der Waals surface area contributed by atoms with Crippen LogP contribution >= 0.6 is 11.6 Å². The summed E-state index contributed by atoms with van der Waals surface area (Å²) in [5.41, 5.74) is 8.32. The number of fused-ring (bicyclic) bond motifs is 1. The molecule has 0 spiro atoms. The Morgan fingerprint density at radius 2 is 1.74 bits per heavy atom. The number of hydrogen-bond acceptors (Lipinski definition) is 5. The van der Waals surface area contributed by atoms with Crippen LogP contribution in [0, 0.1) is 12.7 Å². The van der Waals surface area contributed by atoms with Crippen LogP contribution in [-0.4, -0.2) is 74.8 Å². The molecule has 1 unspecified atom stereocenters. The van der Waals surface area contributed by atoms with E-state index >= 15 is 4.39 Å². The standard InChI is InChI=1S/C34H38ClFN4O2/c1-23-9-10-28(30(36)21-23)27-7-2-3-8-29(27)32-34(35)40-15-11-25(22-31(40)37-32)33(24-5-4-6-24)39-18-16-38(17-19-39)14-12-26(42)13-20-41/h2-3,7-11,15,21-22,26,41-42H,4-6,12-14,16-20H2,1H3. The van der Waals surface area contributed by atoms with Gasteiger partial charge in [0.2, 0.25) is 0 Å². The van der Waals surface area contributed by atoms with Crippen LogP contribution in [0.3, 0.4) is 0 Å². The van der Waals surface area contributed by atoms with Crippen molar-refractivity contribution in [3.8, 4) is 22.4 Å². The Bertz CT molecular complexity index is 1600. The zero-order chi connectivity index (χ0) is 29.2. The van der Waals surface area contributed by atoms with Gasteiger partial charge in [-0.05, 0) is 73.9 Å². The van der Waals surface area contributed by atoms with Crippen LogP contribution in [0.4, 0.5) is 4.39 Å². The lowest BCUT2D eigenvalue weighted by Gasteiger charge is -2.40. The Labute approximate surface area is 251 Å². The van der Waals surface area contributed by atoms with Crippen molar-refractivity contribution in [1.29, 1.82) is 0 Å². The van der Waals surface area contributed by atoms with Gasteiger partial charge in [-0.25, -0.2) is 9.37 Å². The number of aromatic nitrogens is 2. The first kappa shape index (κ1) is 28.9. The number of nitrogens with zero attached hydrogens (tertiary/aromatic N) is 4. The normalized spacial score (nSPS) is 16.6. The molecule has 0 bridgehead atoms. The van der Waals surface area contributed by atoms with Crippen LogP contribution in [0.15, 0.2) is 66.4 Å². The quantitative estimate of drug-likeness (QED) is 0.236. The van der Waals surface area contributed by atoms with Crippen LogP contribution in [-0.2, 0) is 0 Å². The van der Waals surface area contributed by atoms with Gasteiger partial charge in [-0.15, -0.1) is 0 Å². The Balaban J connectivity index is 1.28. The van der Waals surface area contributed by atoms with Crippen molar-refractivity contribution in [2.75, 3.05) is 39.3 Å². The van der Waals surface area contributed by atoms with Crippen molar-refractivity contribution in [1.82, 2.24) is 19.2 Å². The highest BCUT2D eigenvalue weighted by atomic mass is 35.5. The lowest BCUT2D eigenvalue weighted by atomic mass is 9.87. The Kier molecular flexibility index (Phi) is 8.63. The van der Waals surface area contributed by atoms with Crippen molar-refractivity contribution in [3.05, 3.63) is 88.5 Å². The predicted octanol–water partition coefficient (Wildman–Crippen LogP) is 6.42. The molecule has 8 heteroatoms. The lowest BCUT2D eigenvalue weighted by molar-refractivity contribution is 0.0985. The van der Waals surface area contributed by atoms with Gasteiger partial charge in [0.25, 0.3) is 0 Å². The smallest absolute Gasteiger partial charge is 0.141 e. The molecule has 6 nitrogen and oxygen atoms in total. The number of hydrogen-bond donors (Lipinski definition) is 2. The number of pyridine rings is 1. The molecule has 1 aliphatic carbocycles. The van der Waals surface area contributed by atoms with E-state index < -0.39 is 6.10 Å². The molecule has 4 aromatic rings. The summed E-state index contributed by atoms with van der Waals surface area (Å²) < 4.78 is 16.9. The highest BCUT2D eigenvalue weighted by Gasteiger charge is 2.26. The van der Waals surface area contributed by atoms with Gasteiger partial charge in [0.1, 0.15) is 22.3 Å². The van der Waals surface area contributed by atoms with Crippen molar-refractivity contribution in [3.63, 3.8) is 0 Å². The molecule has 3 heterocycles. The summed E-state index contributed by atoms with van der Waals surface area (Å²) in [5.74, 6) is -0.261. The summed E-state index contributed by atoms with van der Waals surface area (Å²) in [6, 6.07) is 17.3. The molecular formula is C34H38ClFN4O2. The first-order chi connectivity index (χ1) is 20.4. The Hall–Kier alpha value is -3.23. The molecule has 1 aliphatic heterocycles. The predicted molar refractivity (Wildman–Crippen MR) is 167 cm³/mol. The highest BCUT2D eigenvalue weighted by molar-refractivity contribution is 6.32. The van der Waals surface area contributed by atoms with Crippen LogP contribution in [0.1, 0.15) is 43.2 Å². The van der Waals surface area contributed by atoms with Gasteiger partial charge >= 0.3 is 0 Å². The number of imidazole rings is 1. The summed E-state index contributed by atoms with van der Waals surface area (Å²) in [6.07, 6.45) is 6.13. The van der Waals surface area contributed by atoms with E-state index in [2.05, 4.69) is 21.9 Å². The fourth-order valence-electron chi connectivity index (χ4n) is 6.12. The number of benzene rings is 2. The molecule has 1 atom stereocenters. The van der Waals surface area contributed by atoms with Crippen LogP contribution in [0.25, 0.3) is 33.7 Å². The van der Waals surface area contributed by atoms with Gasteiger partial charge in [0.15, 0.2) is 0 Å². The third-order valence-electron chi connectivity index (χ3n) is 8.66. The number of rotatable bonds is 9. The maximum Gasteiger partial charge on any atom is 0.141 e. The maximum atomic E-state index is 15.0. The van der Waals surface area contributed by atoms with Crippen molar-refractivity contribution < 1.29 is 14.6 Å². The first-order valence-corrected chi connectivity index (χ1v) is 15.3. The fourth-order valence-corrected chi connectivity index (χ4v) is 6.40. The number of allylic oxidation sites excluding steroid dienone is 1. The van der Waals surface area contributed by atoms with Gasteiger partial charge < -0.3 is 15.1 Å². The first-order valence-electron chi connectivity index (χ1n) is 14.9. The van der Waals surface area contributed by atoms with Crippen LogP contribution in [0.5, 0.6) is 0 Å².